The number of aromatic nitrogens is 1. The predicted molar refractivity (Wildman–Crippen MR) is 117 cm³/mol. The molecular formula is C22H31N3O3S. The fourth-order valence-corrected chi connectivity index (χ4v) is 4.60. The van der Waals surface area contributed by atoms with Crippen LogP contribution in [0.5, 0.6) is 5.88 Å². The molecule has 0 unspecified atom stereocenters. The highest BCUT2D eigenvalue weighted by Crippen LogP contribution is 2.35. The minimum absolute atomic E-state index is 0.327. The summed E-state index contributed by atoms with van der Waals surface area (Å²) in [5.41, 5.74) is -0.450. The third kappa shape index (κ3) is 6.24. The number of piperidine rings is 1. The van der Waals surface area contributed by atoms with Gasteiger partial charge in [-0.3, -0.25) is 0 Å². The van der Waals surface area contributed by atoms with Crippen LogP contribution in [-0.2, 0) is 4.74 Å². The van der Waals surface area contributed by atoms with Crippen LogP contribution in [0, 0.1) is 5.92 Å². The van der Waals surface area contributed by atoms with E-state index in [0.717, 1.165) is 37.7 Å². The minimum atomic E-state index is -0.450. The predicted octanol–water partition coefficient (Wildman–Crippen LogP) is 4.88. The molecule has 1 fully saturated rings. The lowest BCUT2D eigenvalue weighted by atomic mass is 9.95. The molecule has 2 aromatic rings. The molecule has 3 rings (SSSR count). The van der Waals surface area contributed by atoms with Crippen LogP contribution in [-0.4, -0.2) is 47.7 Å². The van der Waals surface area contributed by atoms with Gasteiger partial charge in [0, 0.05) is 41.5 Å². The Kier molecular flexibility index (Phi) is 7.24. The molecule has 6 nitrogen and oxygen atoms in total. The highest BCUT2D eigenvalue weighted by Gasteiger charge is 2.21. The van der Waals surface area contributed by atoms with E-state index in [1.54, 1.807) is 13.3 Å². The molecule has 0 bridgehead atoms. The number of benzene rings is 1. The van der Waals surface area contributed by atoms with E-state index in [4.69, 9.17) is 9.47 Å². The number of amides is 1. The Balaban J connectivity index is 1.47. The van der Waals surface area contributed by atoms with E-state index in [9.17, 15) is 4.79 Å². The number of alkyl carbamates (subject to hydrolysis) is 1. The van der Waals surface area contributed by atoms with Gasteiger partial charge in [-0.15, -0.1) is 0 Å². The zero-order chi connectivity index (χ0) is 20.9. The molecule has 0 spiro atoms. The molecule has 1 aromatic heterocycles. The van der Waals surface area contributed by atoms with Crippen LogP contribution in [0.2, 0.25) is 0 Å². The Hall–Kier alpha value is -1.99. The first-order chi connectivity index (χ1) is 13.9. The van der Waals surface area contributed by atoms with Crippen molar-refractivity contribution in [3.63, 3.8) is 0 Å². The third-order valence-corrected chi connectivity index (χ3v) is 6.12. The van der Waals surface area contributed by atoms with Gasteiger partial charge in [-0.2, -0.15) is 0 Å². The molecule has 1 amide bonds. The van der Waals surface area contributed by atoms with Crippen LogP contribution in [0.3, 0.4) is 0 Å². The zero-order valence-electron chi connectivity index (χ0n) is 17.7. The molecular weight excluding hydrogens is 386 g/mol. The average molecular weight is 418 g/mol. The van der Waals surface area contributed by atoms with Crippen LogP contribution in [0.4, 0.5) is 4.79 Å². The maximum absolute atomic E-state index is 11.8. The molecule has 1 aliphatic rings. The van der Waals surface area contributed by atoms with Crippen molar-refractivity contribution >= 4 is 28.8 Å². The highest BCUT2D eigenvalue weighted by atomic mass is 32.2. The van der Waals surface area contributed by atoms with Crippen LogP contribution in [0.15, 0.2) is 35.4 Å². The summed E-state index contributed by atoms with van der Waals surface area (Å²) >= 11 is 1.81. The van der Waals surface area contributed by atoms with Crippen molar-refractivity contribution in [2.24, 2.45) is 5.92 Å². The topological polar surface area (TPSA) is 63.7 Å². The molecule has 29 heavy (non-hydrogen) atoms. The fourth-order valence-electron chi connectivity index (χ4n) is 3.51. The number of rotatable bonds is 6. The van der Waals surface area contributed by atoms with Gasteiger partial charge in [0.25, 0.3) is 0 Å². The summed E-state index contributed by atoms with van der Waals surface area (Å²) in [6.45, 7) is 8.39. The quantitative estimate of drug-likeness (QED) is 0.676. The van der Waals surface area contributed by atoms with Gasteiger partial charge in [0.15, 0.2) is 0 Å². The first-order valence-corrected chi connectivity index (χ1v) is 10.9. The Bertz CT molecular complexity index is 830. The van der Waals surface area contributed by atoms with Gasteiger partial charge in [-0.25, -0.2) is 14.1 Å². The van der Waals surface area contributed by atoms with Crippen molar-refractivity contribution in [3.8, 4) is 5.88 Å². The zero-order valence-corrected chi connectivity index (χ0v) is 18.6. The molecule has 0 atom stereocenters. The van der Waals surface area contributed by atoms with Crippen LogP contribution >= 0.6 is 11.9 Å². The summed E-state index contributed by atoms with van der Waals surface area (Å²) in [5, 5.41) is 5.09. The average Bonchev–Trinajstić information content (AvgIpc) is 2.68. The number of methoxy groups -OCH3 is 1. The summed E-state index contributed by atoms with van der Waals surface area (Å²) in [5.74, 6) is 1.31. The molecule has 1 N–H and O–H groups in total. The number of nitrogens with one attached hydrogen (secondary N) is 1. The number of pyridine rings is 1. The molecule has 7 heteroatoms. The van der Waals surface area contributed by atoms with E-state index >= 15 is 0 Å². The Morgan fingerprint density at radius 1 is 1.24 bits per heavy atom. The first kappa shape index (κ1) is 21.7. The second-order valence-corrected chi connectivity index (χ2v) is 9.49. The molecule has 2 heterocycles. The molecule has 1 aliphatic heterocycles. The van der Waals surface area contributed by atoms with Crippen molar-refractivity contribution in [3.05, 3.63) is 30.5 Å². The monoisotopic (exact) mass is 417 g/mol. The summed E-state index contributed by atoms with van der Waals surface area (Å²) in [4.78, 5) is 17.3. The Labute approximate surface area is 177 Å². The first-order valence-electron chi connectivity index (χ1n) is 10.2. The maximum Gasteiger partial charge on any atom is 0.407 e. The van der Waals surface area contributed by atoms with Gasteiger partial charge in [0.1, 0.15) is 5.60 Å². The lowest BCUT2D eigenvalue weighted by Gasteiger charge is -2.31. The number of nitrogens with zero attached hydrogens (tertiary/aromatic N) is 2. The standard InChI is InChI=1S/C22H31N3O3S/c1-22(2,3)28-21(26)24-12-8-16-10-14-25(15-11-16)29-19-7-5-6-18-17(19)9-13-23-20(18)27-4/h5-7,9,13,16H,8,10-12,14-15H2,1-4H3,(H,24,26). The van der Waals surface area contributed by atoms with E-state index in [-0.39, 0.29) is 6.09 Å². The van der Waals surface area contributed by atoms with E-state index in [1.807, 2.05) is 32.7 Å². The highest BCUT2D eigenvalue weighted by molar-refractivity contribution is 7.97. The van der Waals surface area contributed by atoms with E-state index < -0.39 is 5.60 Å². The number of carbonyl (C=O) groups is 1. The molecule has 0 radical (unpaired) electrons. The minimum Gasteiger partial charge on any atom is -0.481 e. The third-order valence-electron chi connectivity index (χ3n) is 4.94. The number of carbonyl (C=O) groups excluding carboxylic acids is 1. The summed E-state index contributed by atoms with van der Waals surface area (Å²) in [7, 11) is 1.66. The molecule has 0 aliphatic carbocycles. The lowest BCUT2D eigenvalue weighted by Crippen LogP contribution is -2.35. The van der Waals surface area contributed by atoms with Crippen molar-refractivity contribution in [2.75, 3.05) is 26.7 Å². The van der Waals surface area contributed by atoms with Gasteiger partial charge in [-0.05, 0) is 76.1 Å². The van der Waals surface area contributed by atoms with Crippen molar-refractivity contribution in [1.82, 2.24) is 14.6 Å². The Morgan fingerprint density at radius 3 is 2.69 bits per heavy atom. The van der Waals surface area contributed by atoms with Crippen LogP contribution in [0.1, 0.15) is 40.0 Å². The summed E-state index contributed by atoms with van der Waals surface area (Å²) in [6, 6.07) is 8.32. The van der Waals surface area contributed by atoms with Gasteiger partial charge in [0.2, 0.25) is 5.88 Å². The number of hydrogen-bond donors (Lipinski definition) is 1. The van der Waals surface area contributed by atoms with E-state index in [1.165, 1.54) is 10.3 Å². The maximum atomic E-state index is 11.8. The van der Waals surface area contributed by atoms with Gasteiger partial charge in [-0.1, -0.05) is 6.07 Å². The SMILES string of the molecule is COc1nccc2c(SN3CCC(CCNC(=O)OC(C)(C)C)CC3)cccc12. The second-order valence-electron chi connectivity index (χ2n) is 8.35. The Morgan fingerprint density at radius 2 is 2.00 bits per heavy atom. The molecule has 1 aromatic carbocycles. The fraction of sp³-hybridized carbons (Fsp3) is 0.545. The second kappa shape index (κ2) is 9.67. The smallest absolute Gasteiger partial charge is 0.407 e. The molecule has 0 saturated carbocycles. The van der Waals surface area contributed by atoms with Gasteiger partial charge < -0.3 is 14.8 Å². The largest absolute Gasteiger partial charge is 0.481 e. The van der Waals surface area contributed by atoms with Crippen molar-refractivity contribution < 1.29 is 14.3 Å². The normalized spacial score (nSPS) is 16.0. The van der Waals surface area contributed by atoms with Crippen molar-refractivity contribution in [1.29, 1.82) is 0 Å². The number of hydrogen-bond acceptors (Lipinski definition) is 6. The summed E-state index contributed by atoms with van der Waals surface area (Å²) in [6.07, 6.45) is 4.74. The molecule has 1 saturated heterocycles. The number of ether oxygens (including phenoxy) is 2. The lowest BCUT2D eigenvalue weighted by molar-refractivity contribution is 0.0523. The van der Waals surface area contributed by atoms with Gasteiger partial charge in [0.05, 0.1) is 7.11 Å². The summed E-state index contributed by atoms with van der Waals surface area (Å²) < 4.78 is 13.1. The van der Waals surface area contributed by atoms with Crippen LogP contribution < -0.4 is 10.1 Å². The number of fused-ring (bicyclic) bond motifs is 1. The van der Waals surface area contributed by atoms with E-state index in [2.05, 4.69) is 38.9 Å². The van der Waals surface area contributed by atoms with Gasteiger partial charge >= 0.3 is 6.09 Å². The van der Waals surface area contributed by atoms with E-state index in [0.29, 0.717) is 18.3 Å². The van der Waals surface area contributed by atoms with Crippen molar-refractivity contribution in [2.45, 2.75) is 50.5 Å². The molecule has 158 valence electrons. The van der Waals surface area contributed by atoms with Crippen LogP contribution in [0.25, 0.3) is 10.8 Å².